The van der Waals surface area contributed by atoms with Crippen LogP contribution in [0.25, 0.3) is 45.0 Å². The summed E-state index contributed by atoms with van der Waals surface area (Å²) in [5, 5.41) is 0. The first-order chi connectivity index (χ1) is 16.2. The molecule has 0 saturated carbocycles. The first-order valence-corrected chi connectivity index (χ1v) is 11.0. The van der Waals surface area contributed by atoms with Crippen LogP contribution in [-0.2, 0) is 0 Å². The zero-order chi connectivity index (χ0) is 22.6. The van der Waals surface area contributed by atoms with Crippen LogP contribution in [0.4, 0.5) is 0 Å². The standard InChI is InChI=1S/C30H24N2O/c1-21-10-9-15-26(29(21)33-2)22-16-18-25(19-17-22)30-31-27(23-11-5-3-6-12-23)20-28(32-30)24-13-7-4-8-14-24/h3-20H,1-2H3. The van der Waals surface area contributed by atoms with E-state index in [9.17, 15) is 0 Å². The fourth-order valence-electron chi connectivity index (χ4n) is 4.04. The lowest BCUT2D eigenvalue weighted by Crippen LogP contribution is -1.96. The lowest BCUT2D eigenvalue weighted by molar-refractivity contribution is 0.413. The monoisotopic (exact) mass is 428 g/mol. The van der Waals surface area contributed by atoms with Gasteiger partial charge in [-0.2, -0.15) is 0 Å². The zero-order valence-corrected chi connectivity index (χ0v) is 18.7. The Labute approximate surface area is 194 Å². The Kier molecular flexibility index (Phi) is 5.69. The molecule has 5 aromatic rings. The second kappa shape index (κ2) is 9.09. The number of nitrogens with zero attached hydrogens (tertiary/aromatic N) is 2. The van der Waals surface area contributed by atoms with Crippen molar-refractivity contribution in [1.82, 2.24) is 9.97 Å². The van der Waals surface area contributed by atoms with Gasteiger partial charge in [-0.3, -0.25) is 0 Å². The van der Waals surface area contributed by atoms with Crippen molar-refractivity contribution in [2.75, 3.05) is 7.11 Å². The van der Waals surface area contributed by atoms with Crippen molar-refractivity contribution in [2.24, 2.45) is 0 Å². The van der Waals surface area contributed by atoms with Crippen molar-refractivity contribution in [3.05, 3.63) is 115 Å². The molecule has 0 aliphatic carbocycles. The van der Waals surface area contributed by atoms with Gasteiger partial charge in [-0.05, 0) is 24.1 Å². The van der Waals surface area contributed by atoms with Crippen LogP contribution in [0.2, 0.25) is 0 Å². The summed E-state index contributed by atoms with van der Waals surface area (Å²) in [7, 11) is 1.72. The van der Waals surface area contributed by atoms with Gasteiger partial charge in [0, 0.05) is 22.3 Å². The number of hydrogen-bond donors (Lipinski definition) is 0. The van der Waals surface area contributed by atoms with E-state index in [0.29, 0.717) is 5.82 Å². The van der Waals surface area contributed by atoms with Crippen molar-refractivity contribution >= 4 is 0 Å². The van der Waals surface area contributed by atoms with E-state index < -0.39 is 0 Å². The smallest absolute Gasteiger partial charge is 0.160 e. The molecular weight excluding hydrogens is 404 g/mol. The molecule has 0 N–H and O–H groups in total. The highest BCUT2D eigenvalue weighted by atomic mass is 16.5. The number of aromatic nitrogens is 2. The highest BCUT2D eigenvalue weighted by molar-refractivity contribution is 5.76. The molecule has 160 valence electrons. The SMILES string of the molecule is COc1c(C)cccc1-c1ccc(-c2nc(-c3ccccc3)cc(-c3ccccc3)n2)cc1. The quantitative estimate of drug-likeness (QED) is 0.291. The van der Waals surface area contributed by atoms with Gasteiger partial charge in [-0.1, -0.05) is 103 Å². The minimum atomic E-state index is 0.706. The normalized spacial score (nSPS) is 10.7. The van der Waals surface area contributed by atoms with Crippen molar-refractivity contribution < 1.29 is 4.74 Å². The predicted molar refractivity (Wildman–Crippen MR) is 135 cm³/mol. The number of para-hydroxylation sites is 1. The topological polar surface area (TPSA) is 35.0 Å². The predicted octanol–water partition coefficient (Wildman–Crippen LogP) is 7.46. The van der Waals surface area contributed by atoms with Crippen molar-refractivity contribution in [3.63, 3.8) is 0 Å². The van der Waals surface area contributed by atoms with Crippen LogP contribution in [0.5, 0.6) is 5.75 Å². The van der Waals surface area contributed by atoms with Gasteiger partial charge in [0.05, 0.1) is 18.5 Å². The molecule has 3 heteroatoms. The van der Waals surface area contributed by atoms with E-state index in [0.717, 1.165) is 50.5 Å². The molecule has 0 saturated heterocycles. The molecular formula is C30H24N2O. The second-order valence-corrected chi connectivity index (χ2v) is 7.93. The first kappa shape index (κ1) is 20.7. The second-order valence-electron chi connectivity index (χ2n) is 7.93. The van der Waals surface area contributed by atoms with E-state index in [2.05, 4.69) is 79.7 Å². The summed E-state index contributed by atoms with van der Waals surface area (Å²) in [6, 6.07) is 37.1. The summed E-state index contributed by atoms with van der Waals surface area (Å²) in [5.41, 5.74) is 8.22. The molecule has 0 aliphatic rings. The van der Waals surface area contributed by atoms with Crippen molar-refractivity contribution in [2.45, 2.75) is 6.92 Å². The van der Waals surface area contributed by atoms with E-state index in [-0.39, 0.29) is 0 Å². The van der Waals surface area contributed by atoms with E-state index >= 15 is 0 Å². The molecule has 1 heterocycles. The molecule has 0 spiro atoms. The maximum absolute atomic E-state index is 5.65. The number of ether oxygens (including phenoxy) is 1. The Balaban J connectivity index is 1.60. The van der Waals surface area contributed by atoms with E-state index in [1.54, 1.807) is 7.11 Å². The van der Waals surface area contributed by atoms with Crippen LogP contribution < -0.4 is 4.74 Å². The van der Waals surface area contributed by atoms with Gasteiger partial charge in [0.25, 0.3) is 0 Å². The third-order valence-corrected chi connectivity index (χ3v) is 5.74. The summed E-state index contributed by atoms with van der Waals surface area (Å²) in [6.07, 6.45) is 0. The molecule has 5 rings (SSSR count). The molecule has 4 aromatic carbocycles. The van der Waals surface area contributed by atoms with Gasteiger partial charge < -0.3 is 4.74 Å². The number of benzene rings is 4. The first-order valence-electron chi connectivity index (χ1n) is 11.0. The minimum absolute atomic E-state index is 0.706. The molecule has 3 nitrogen and oxygen atoms in total. The molecule has 0 amide bonds. The van der Waals surface area contributed by atoms with Gasteiger partial charge in [0.15, 0.2) is 5.82 Å². The van der Waals surface area contributed by atoms with Crippen molar-refractivity contribution in [3.8, 4) is 50.8 Å². The van der Waals surface area contributed by atoms with Crippen LogP contribution in [0, 0.1) is 6.92 Å². The van der Waals surface area contributed by atoms with Crippen LogP contribution >= 0.6 is 0 Å². The van der Waals surface area contributed by atoms with Crippen LogP contribution in [0.15, 0.2) is 109 Å². The summed E-state index contributed by atoms with van der Waals surface area (Å²) in [4.78, 5) is 9.83. The highest BCUT2D eigenvalue weighted by Crippen LogP contribution is 2.34. The van der Waals surface area contributed by atoms with E-state index in [1.165, 1.54) is 0 Å². The molecule has 33 heavy (non-hydrogen) atoms. The third kappa shape index (κ3) is 4.26. The summed E-state index contributed by atoms with van der Waals surface area (Å²) < 4.78 is 5.65. The summed E-state index contributed by atoms with van der Waals surface area (Å²) >= 11 is 0. The number of rotatable bonds is 5. The van der Waals surface area contributed by atoms with Crippen LogP contribution in [0.3, 0.4) is 0 Å². The van der Waals surface area contributed by atoms with E-state index in [4.69, 9.17) is 14.7 Å². The Morgan fingerprint density at radius 2 is 1.09 bits per heavy atom. The lowest BCUT2D eigenvalue weighted by Gasteiger charge is -2.12. The molecule has 0 atom stereocenters. The van der Waals surface area contributed by atoms with Crippen LogP contribution in [-0.4, -0.2) is 17.1 Å². The fraction of sp³-hybridized carbons (Fsp3) is 0.0667. The van der Waals surface area contributed by atoms with Crippen LogP contribution in [0.1, 0.15) is 5.56 Å². The van der Waals surface area contributed by atoms with Gasteiger partial charge in [0.1, 0.15) is 5.75 Å². The number of methoxy groups -OCH3 is 1. The summed E-state index contributed by atoms with van der Waals surface area (Å²) in [6.45, 7) is 2.06. The Morgan fingerprint density at radius 3 is 1.64 bits per heavy atom. The van der Waals surface area contributed by atoms with Crippen molar-refractivity contribution in [1.29, 1.82) is 0 Å². The molecule has 0 aliphatic heterocycles. The molecule has 0 fully saturated rings. The van der Waals surface area contributed by atoms with Gasteiger partial charge in [0.2, 0.25) is 0 Å². The maximum Gasteiger partial charge on any atom is 0.160 e. The molecule has 0 bridgehead atoms. The zero-order valence-electron chi connectivity index (χ0n) is 18.7. The minimum Gasteiger partial charge on any atom is -0.496 e. The number of hydrogen-bond acceptors (Lipinski definition) is 3. The third-order valence-electron chi connectivity index (χ3n) is 5.74. The Hall–Kier alpha value is -4.24. The van der Waals surface area contributed by atoms with Gasteiger partial charge in [-0.25, -0.2) is 9.97 Å². The molecule has 1 aromatic heterocycles. The lowest BCUT2D eigenvalue weighted by atomic mass is 10.00. The van der Waals surface area contributed by atoms with Gasteiger partial charge in [-0.15, -0.1) is 0 Å². The average Bonchev–Trinajstić information content (AvgIpc) is 2.89. The summed E-state index contributed by atoms with van der Waals surface area (Å²) in [5.74, 6) is 1.61. The number of aryl methyl sites for hydroxylation is 1. The highest BCUT2D eigenvalue weighted by Gasteiger charge is 2.12. The fourth-order valence-corrected chi connectivity index (χ4v) is 4.04. The molecule has 0 unspecified atom stereocenters. The van der Waals surface area contributed by atoms with Gasteiger partial charge >= 0.3 is 0 Å². The average molecular weight is 429 g/mol. The maximum atomic E-state index is 5.65. The largest absolute Gasteiger partial charge is 0.496 e. The Bertz CT molecular complexity index is 1320. The Morgan fingerprint density at radius 1 is 0.545 bits per heavy atom. The van der Waals surface area contributed by atoms with E-state index in [1.807, 2.05) is 36.4 Å². The molecule has 0 radical (unpaired) electrons.